The first kappa shape index (κ1) is 21.2. The molecule has 158 valence electrons. The Bertz CT molecular complexity index is 1270. The summed E-state index contributed by atoms with van der Waals surface area (Å²) in [5, 5.41) is 0.771. The van der Waals surface area contributed by atoms with Crippen LogP contribution in [0.4, 0.5) is 13.2 Å². The fourth-order valence-electron chi connectivity index (χ4n) is 3.50. The number of benzene rings is 3. The summed E-state index contributed by atoms with van der Waals surface area (Å²) < 4.78 is 45.0. The lowest BCUT2D eigenvalue weighted by Crippen LogP contribution is -2.03. The molecule has 31 heavy (non-hydrogen) atoms. The van der Waals surface area contributed by atoms with Gasteiger partial charge in [-0.1, -0.05) is 35.9 Å². The van der Waals surface area contributed by atoms with Crippen LogP contribution in [-0.4, -0.2) is 22.6 Å². The maximum absolute atomic E-state index is 13.2. The van der Waals surface area contributed by atoms with Gasteiger partial charge in [-0.05, 0) is 61.5 Å². The normalized spacial score (nSPS) is 11.7. The number of aromatic nitrogens is 2. The fourth-order valence-corrected chi connectivity index (χ4v) is 4.25. The lowest BCUT2D eigenvalue weighted by molar-refractivity contribution is -0.0328. The van der Waals surface area contributed by atoms with Gasteiger partial charge in [0.1, 0.15) is 5.75 Å². The van der Waals surface area contributed by atoms with Gasteiger partial charge in [0, 0.05) is 21.4 Å². The Morgan fingerprint density at radius 2 is 1.68 bits per heavy atom. The Morgan fingerprint density at radius 1 is 0.903 bits per heavy atom. The molecule has 0 saturated carbocycles. The van der Waals surface area contributed by atoms with Crippen LogP contribution in [0.1, 0.15) is 11.1 Å². The summed E-state index contributed by atoms with van der Waals surface area (Å²) in [5.41, 5.74) is -0.152. The van der Waals surface area contributed by atoms with Crippen LogP contribution in [0.2, 0.25) is 0 Å². The molecule has 0 fully saturated rings. The van der Waals surface area contributed by atoms with Crippen molar-refractivity contribution in [3.63, 3.8) is 0 Å². The maximum Gasteiger partial charge on any atom is 0.446 e. The van der Waals surface area contributed by atoms with Crippen molar-refractivity contribution >= 4 is 22.7 Å². The van der Waals surface area contributed by atoms with Crippen molar-refractivity contribution in [2.45, 2.75) is 24.3 Å². The average Bonchev–Trinajstić information content (AvgIpc) is 2.71. The molecule has 7 heteroatoms. The highest BCUT2D eigenvalue weighted by Crippen LogP contribution is 2.43. The third-order valence-electron chi connectivity index (χ3n) is 4.88. The molecular weight excluding hydrogens is 421 g/mol. The Balaban J connectivity index is 2.02. The molecule has 3 aromatic carbocycles. The van der Waals surface area contributed by atoms with Gasteiger partial charge in [0.15, 0.2) is 5.82 Å². The Kier molecular flexibility index (Phi) is 5.62. The van der Waals surface area contributed by atoms with E-state index in [0.717, 1.165) is 16.5 Å². The van der Waals surface area contributed by atoms with E-state index in [0.29, 0.717) is 28.1 Å². The lowest BCUT2D eigenvalue weighted by atomic mass is 10.0. The number of thioether (sulfide) groups is 1. The molecule has 0 saturated heterocycles. The molecule has 4 aromatic rings. The molecule has 1 heterocycles. The van der Waals surface area contributed by atoms with E-state index in [1.165, 1.54) is 6.07 Å². The molecule has 4 rings (SSSR count). The zero-order chi connectivity index (χ0) is 22.2. The van der Waals surface area contributed by atoms with Crippen LogP contribution in [0.5, 0.6) is 5.75 Å². The summed E-state index contributed by atoms with van der Waals surface area (Å²) in [6.07, 6.45) is 0. The summed E-state index contributed by atoms with van der Waals surface area (Å²) in [6, 6.07) is 18.1. The number of hydrogen-bond acceptors (Lipinski definition) is 4. The molecule has 0 aliphatic heterocycles. The number of fused-ring (bicyclic) bond motifs is 1. The molecule has 1 aromatic heterocycles. The molecule has 0 aliphatic rings. The molecular formula is C24H19F3N2OS. The summed E-state index contributed by atoms with van der Waals surface area (Å²) in [7, 11) is 1.58. The van der Waals surface area contributed by atoms with Crippen molar-refractivity contribution in [3.8, 4) is 28.4 Å². The quantitative estimate of drug-likeness (QED) is 0.314. The minimum Gasteiger partial charge on any atom is -0.497 e. The van der Waals surface area contributed by atoms with Crippen molar-refractivity contribution in [2.75, 3.05) is 7.11 Å². The number of hydrogen-bond donors (Lipinski definition) is 0. The van der Waals surface area contributed by atoms with E-state index < -0.39 is 5.51 Å². The number of methoxy groups -OCH3 is 1. The van der Waals surface area contributed by atoms with Gasteiger partial charge in [-0.2, -0.15) is 13.2 Å². The van der Waals surface area contributed by atoms with E-state index in [-0.39, 0.29) is 22.5 Å². The Hall–Kier alpha value is -3.06. The van der Waals surface area contributed by atoms with Gasteiger partial charge in [-0.15, -0.1) is 0 Å². The number of halogens is 3. The zero-order valence-electron chi connectivity index (χ0n) is 17.1. The van der Waals surface area contributed by atoms with Crippen LogP contribution in [0.3, 0.4) is 0 Å². The topological polar surface area (TPSA) is 35.0 Å². The standard InChI is InChI=1S/C24H19F3N2OS/c1-14-6-4-8-16(12-14)22-18-13-17(30-3)10-11-19(18)28-23(29-22)21-15(2)7-5-9-20(21)31-24(25,26)27/h4-13H,1-3H3. The molecule has 0 spiro atoms. The first-order valence-corrected chi connectivity index (χ1v) is 10.4. The summed E-state index contributed by atoms with van der Waals surface area (Å²) >= 11 is -0.148. The van der Waals surface area contributed by atoms with E-state index in [4.69, 9.17) is 9.72 Å². The predicted octanol–water partition coefficient (Wildman–Crippen LogP) is 7.20. The highest BCUT2D eigenvalue weighted by atomic mass is 32.2. The highest BCUT2D eigenvalue weighted by molar-refractivity contribution is 8.00. The third-order valence-corrected chi connectivity index (χ3v) is 5.67. The Labute approximate surface area is 182 Å². The van der Waals surface area contributed by atoms with Gasteiger partial charge in [0.25, 0.3) is 0 Å². The van der Waals surface area contributed by atoms with Crippen LogP contribution in [-0.2, 0) is 0 Å². The number of rotatable bonds is 4. The highest BCUT2D eigenvalue weighted by Gasteiger charge is 2.31. The van der Waals surface area contributed by atoms with Crippen molar-refractivity contribution in [1.82, 2.24) is 9.97 Å². The van der Waals surface area contributed by atoms with E-state index in [1.807, 2.05) is 37.3 Å². The minimum absolute atomic E-state index is 0.0792. The molecule has 0 amide bonds. The van der Waals surface area contributed by atoms with Gasteiger partial charge in [-0.3, -0.25) is 0 Å². The summed E-state index contributed by atoms with van der Waals surface area (Å²) in [5.74, 6) is 0.918. The SMILES string of the molecule is COc1ccc2nc(-c3c(C)cccc3SC(F)(F)F)nc(-c3cccc(C)c3)c2c1. The van der Waals surface area contributed by atoms with Crippen molar-refractivity contribution in [3.05, 3.63) is 71.8 Å². The molecule has 0 atom stereocenters. The Morgan fingerprint density at radius 3 is 2.39 bits per heavy atom. The molecule has 0 aliphatic carbocycles. The van der Waals surface area contributed by atoms with Crippen LogP contribution < -0.4 is 4.74 Å². The molecule has 3 nitrogen and oxygen atoms in total. The molecule has 0 N–H and O–H groups in total. The van der Waals surface area contributed by atoms with Gasteiger partial charge in [-0.25, -0.2) is 9.97 Å². The van der Waals surface area contributed by atoms with Gasteiger partial charge < -0.3 is 4.74 Å². The van der Waals surface area contributed by atoms with Crippen LogP contribution >= 0.6 is 11.8 Å². The second-order valence-electron chi connectivity index (χ2n) is 7.14. The number of ether oxygens (including phenoxy) is 1. The largest absolute Gasteiger partial charge is 0.497 e. The van der Waals surface area contributed by atoms with Crippen molar-refractivity contribution in [1.29, 1.82) is 0 Å². The first-order valence-electron chi connectivity index (χ1n) is 9.54. The fraction of sp³-hybridized carbons (Fsp3) is 0.167. The second-order valence-corrected chi connectivity index (χ2v) is 8.25. The summed E-state index contributed by atoms with van der Waals surface area (Å²) in [4.78, 5) is 9.47. The minimum atomic E-state index is -4.41. The van der Waals surface area contributed by atoms with Gasteiger partial charge in [0.05, 0.1) is 18.3 Å². The van der Waals surface area contributed by atoms with Crippen LogP contribution in [0.15, 0.2) is 65.6 Å². The molecule has 0 radical (unpaired) electrons. The van der Waals surface area contributed by atoms with Crippen LogP contribution in [0.25, 0.3) is 33.5 Å². The number of aryl methyl sites for hydroxylation is 2. The van der Waals surface area contributed by atoms with Crippen molar-refractivity contribution < 1.29 is 17.9 Å². The zero-order valence-corrected chi connectivity index (χ0v) is 17.9. The third kappa shape index (κ3) is 4.51. The monoisotopic (exact) mass is 440 g/mol. The first-order chi connectivity index (χ1) is 14.7. The molecule has 0 unspecified atom stereocenters. The van der Waals surface area contributed by atoms with Gasteiger partial charge in [0.2, 0.25) is 0 Å². The van der Waals surface area contributed by atoms with E-state index in [2.05, 4.69) is 4.98 Å². The van der Waals surface area contributed by atoms with Crippen LogP contribution in [0, 0.1) is 13.8 Å². The van der Waals surface area contributed by atoms with E-state index in [9.17, 15) is 13.2 Å². The second kappa shape index (κ2) is 8.23. The molecule has 0 bridgehead atoms. The number of alkyl halides is 3. The smallest absolute Gasteiger partial charge is 0.446 e. The summed E-state index contributed by atoms with van der Waals surface area (Å²) in [6.45, 7) is 3.75. The van der Waals surface area contributed by atoms with Crippen molar-refractivity contribution in [2.24, 2.45) is 0 Å². The number of nitrogens with zero attached hydrogens (tertiary/aromatic N) is 2. The average molecular weight is 440 g/mol. The lowest BCUT2D eigenvalue weighted by Gasteiger charge is -2.15. The van der Waals surface area contributed by atoms with Gasteiger partial charge >= 0.3 is 5.51 Å². The predicted molar refractivity (Wildman–Crippen MR) is 118 cm³/mol. The van der Waals surface area contributed by atoms with E-state index in [1.54, 1.807) is 38.3 Å². The van der Waals surface area contributed by atoms with E-state index >= 15 is 0 Å². The maximum atomic E-state index is 13.2.